The molecule has 0 saturated heterocycles. The molecule has 0 N–H and O–H groups in total. The van der Waals surface area contributed by atoms with Crippen LogP contribution in [0, 0.1) is 5.92 Å². The number of ether oxygens (including phenoxy) is 3. The molecule has 0 amide bonds. The Morgan fingerprint density at radius 2 is 0.614 bits per heavy atom. The lowest BCUT2D eigenvalue weighted by Gasteiger charge is -2.18. The topological polar surface area (TPSA) is 78.9 Å². The van der Waals surface area contributed by atoms with Gasteiger partial charge in [-0.3, -0.25) is 14.4 Å². The second-order valence-corrected chi connectivity index (χ2v) is 17.7. The molecule has 0 bridgehead atoms. The zero-order chi connectivity index (χ0) is 41.7. The van der Waals surface area contributed by atoms with Crippen molar-refractivity contribution in [2.45, 2.75) is 291 Å². The van der Waals surface area contributed by atoms with Gasteiger partial charge >= 0.3 is 17.9 Å². The lowest BCUT2D eigenvalue weighted by atomic mass is 10.00. The summed E-state index contributed by atoms with van der Waals surface area (Å²) < 4.78 is 16.8. The molecule has 0 aliphatic rings. The number of unbranched alkanes of at least 4 members (excludes halogenated alkanes) is 32. The van der Waals surface area contributed by atoms with Gasteiger partial charge in [-0.25, -0.2) is 0 Å². The van der Waals surface area contributed by atoms with Crippen LogP contribution in [0.4, 0.5) is 0 Å². The van der Waals surface area contributed by atoms with Crippen molar-refractivity contribution in [3.63, 3.8) is 0 Å². The van der Waals surface area contributed by atoms with Crippen molar-refractivity contribution in [1.82, 2.24) is 0 Å². The van der Waals surface area contributed by atoms with E-state index in [-0.39, 0.29) is 31.1 Å². The molecule has 2 atom stereocenters. The summed E-state index contributed by atoms with van der Waals surface area (Å²) in [5.74, 6) is -0.0362. The molecule has 0 aromatic carbocycles. The fraction of sp³-hybridized carbons (Fsp3) is 0.941. The van der Waals surface area contributed by atoms with Gasteiger partial charge in [-0.1, -0.05) is 246 Å². The van der Waals surface area contributed by atoms with Crippen LogP contribution in [0.25, 0.3) is 0 Å². The highest BCUT2D eigenvalue weighted by molar-refractivity contribution is 5.71. The van der Waals surface area contributed by atoms with Gasteiger partial charge < -0.3 is 14.2 Å². The first-order chi connectivity index (χ1) is 27.9. The molecule has 0 rings (SSSR count). The second-order valence-electron chi connectivity index (χ2n) is 17.7. The van der Waals surface area contributed by atoms with Crippen LogP contribution in [0.3, 0.4) is 0 Å². The van der Waals surface area contributed by atoms with Crippen LogP contribution in [0.2, 0.25) is 0 Å². The number of carbonyl (C=O) groups is 3. The standard InChI is InChI=1S/C51H98O6/c1-5-8-10-12-14-16-18-19-20-21-22-23-24-26-27-29-34-38-42-49(52)55-45-48(46-56-50(53)43-39-35-32-31-33-37-41-47(4)7-3)57-51(54)44-40-36-30-28-25-17-15-13-11-9-6-2/h47-48H,5-46H2,1-4H3/t47?,48-/m1/s1. The summed E-state index contributed by atoms with van der Waals surface area (Å²) in [6.07, 6.45) is 46.6. The third kappa shape index (κ3) is 43.8. The third-order valence-corrected chi connectivity index (χ3v) is 11.9. The largest absolute Gasteiger partial charge is 0.462 e. The second kappa shape index (κ2) is 45.5. The van der Waals surface area contributed by atoms with Gasteiger partial charge in [0.25, 0.3) is 0 Å². The molecule has 0 aromatic heterocycles. The summed E-state index contributed by atoms with van der Waals surface area (Å²) in [5.41, 5.74) is 0. The van der Waals surface area contributed by atoms with Crippen LogP contribution >= 0.6 is 0 Å². The Morgan fingerprint density at radius 1 is 0.351 bits per heavy atom. The fourth-order valence-corrected chi connectivity index (χ4v) is 7.66. The molecule has 0 saturated carbocycles. The van der Waals surface area contributed by atoms with Crippen molar-refractivity contribution in [1.29, 1.82) is 0 Å². The molecule has 0 fully saturated rings. The lowest BCUT2D eigenvalue weighted by Crippen LogP contribution is -2.30. The molecule has 0 heterocycles. The minimum Gasteiger partial charge on any atom is -0.462 e. The van der Waals surface area contributed by atoms with Gasteiger partial charge in [0.05, 0.1) is 0 Å². The minimum atomic E-state index is -0.760. The van der Waals surface area contributed by atoms with Crippen LogP contribution in [-0.4, -0.2) is 37.2 Å². The van der Waals surface area contributed by atoms with E-state index in [1.807, 2.05) is 0 Å². The average molecular weight is 807 g/mol. The normalized spacial score (nSPS) is 12.4. The van der Waals surface area contributed by atoms with Gasteiger partial charge in [-0.15, -0.1) is 0 Å². The molecular weight excluding hydrogens is 709 g/mol. The van der Waals surface area contributed by atoms with E-state index in [0.29, 0.717) is 19.3 Å². The maximum Gasteiger partial charge on any atom is 0.306 e. The van der Waals surface area contributed by atoms with Gasteiger partial charge in [0.15, 0.2) is 6.10 Å². The molecule has 0 radical (unpaired) electrons. The first kappa shape index (κ1) is 55.4. The SMILES string of the molecule is CCCCCCCCCCCCCCCCCCCCC(=O)OC[C@H](COC(=O)CCCCCCCCC(C)CC)OC(=O)CCCCCCCCCCCCC. The molecule has 0 aliphatic heterocycles. The fourth-order valence-electron chi connectivity index (χ4n) is 7.66. The highest BCUT2D eigenvalue weighted by Gasteiger charge is 2.19. The Morgan fingerprint density at radius 3 is 0.912 bits per heavy atom. The van der Waals surface area contributed by atoms with E-state index in [4.69, 9.17) is 14.2 Å². The Labute approximate surface area is 355 Å². The smallest absolute Gasteiger partial charge is 0.306 e. The quantitative estimate of drug-likeness (QED) is 0.0346. The van der Waals surface area contributed by atoms with E-state index in [1.165, 1.54) is 180 Å². The van der Waals surface area contributed by atoms with Crippen molar-refractivity contribution in [3.8, 4) is 0 Å². The molecular formula is C51H98O6. The van der Waals surface area contributed by atoms with Crippen molar-refractivity contribution >= 4 is 17.9 Å². The van der Waals surface area contributed by atoms with E-state index >= 15 is 0 Å². The zero-order valence-corrected chi connectivity index (χ0v) is 38.8. The number of rotatable bonds is 46. The third-order valence-electron chi connectivity index (χ3n) is 11.9. The molecule has 0 spiro atoms. The molecule has 57 heavy (non-hydrogen) atoms. The first-order valence-corrected chi connectivity index (χ1v) is 25.4. The number of esters is 3. The van der Waals surface area contributed by atoms with E-state index in [1.54, 1.807) is 0 Å². The molecule has 0 aromatic rings. The number of hydrogen-bond donors (Lipinski definition) is 0. The van der Waals surface area contributed by atoms with E-state index < -0.39 is 6.10 Å². The van der Waals surface area contributed by atoms with Crippen LogP contribution in [0.5, 0.6) is 0 Å². The Balaban J connectivity index is 4.24. The van der Waals surface area contributed by atoms with Crippen LogP contribution in [0.1, 0.15) is 285 Å². The van der Waals surface area contributed by atoms with Crippen molar-refractivity contribution in [2.75, 3.05) is 13.2 Å². The van der Waals surface area contributed by atoms with Crippen LogP contribution < -0.4 is 0 Å². The molecule has 338 valence electrons. The van der Waals surface area contributed by atoms with Crippen molar-refractivity contribution in [3.05, 3.63) is 0 Å². The monoisotopic (exact) mass is 807 g/mol. The summed E-state index contributed by atoms with van der Waals surface area (Å²) in [6, 6.07) is 0. The summed E-state index contributed by atoms with van der Waals surface area (Å²) in [6.45, 7) is 8.99. The molecule has 0 aliphatic carbocycles. The van der Waals surface area contributed by atoms with Gasteiger partial charge in [-0.2, -0.15) is 0 Å². The maximum absolute atomic E-state index is 12.7. The summed E-state index contributed by atoms with van der Waals surface area (Å²) in [5, 5.41) is 0. The Hall–Kier alpha value is -1.59. The van der Waals surface area contributed by atoms with Gasteiger partial charge in [0.1, 0.15) is 13.2 Å². The predicted molar refractivity (Wildman–Crippen MR) is 243 cm³/mol. The summed E-state index contributed by atoms with van der Waals surface area (Å²) in [7, 11) is 0. The number of hydrogen-bond acceptors (Lipinski definition) is 6. The first-order valence-electron chi connectivity index (χ1n) is 25.4. The van der Waals surface area contributed by atoms with Gasteiger partial charge in [-0.05, 0) is 25.2 Å². The Kier molecular flexibility index (Phi) is 44.2. The van der Waals surface area contributed by atoms with Crippen LogP contribution in [0.15, 0.2) is 0 Å². The molecule has 1 unspecified atom stereocenters. The number of carbonyl (C=O) groups excluding carboxylic acids is 3. The van der Waals surface area contributed by atoms with Gasteiger partial charge in [0.2, 0.25) is 0 Å². The molecule has 6 nitrogen and oxygen atoms in total. The zero-order valence-electron chi connectivity index (χ0n) is 38.8. The highest BCUT2D eigenvalue weighted by atomic mass is 16.6. The minimum absolute atomic E-state index is 0.0637. The summed E-state index contributed by atoms with van der Waals surface area (Å²) >= 11 is 0. The Bertz CT molecular complexity index is 859. The average Bonchev–Trinajstić information content (AvgIpc) is 3.21. The van der Waals surface area contributed by atoms with Crippen molar-refractivity contribution < 1.29 is 28.6 Å². The molecule has 6 heteroatoms. The van der Waals surface area contributed by atoms with Gasteiger partial charge in [0, 0.05) is 19.3 Å². The highest BCUT2D eigenvalue weighted by Crippen LogP contribution is 2.17. The maximum atomic E-state index is 12.7. The lowest BCUT2D eigenvalue weighted by molar-refractivity contribution is -0.167. The van der Waals surface area contributed by atoms with E-state index in [2.05, 4.69) is 27.7 Å². The van der Waals surface area contributed by atoms with Crippen LogP contribution in [-0.2, 0) is 28.6 Å². The van der Waals surface area contributed by atoms with E-state index in [0.717, 1.165) is 63.7 Å². The van der Waals surface area contributed by atoms with E-state index in [9.17, 15) is 14.4 Å². The summed E-state index contributed by atoms with van der Waals surface area (Å²) in [4.78, 5) is 37.8. The van der Waals surface area contributed by atoms with Crippen molar-refractivity contribution in [2.24, 2.45) is 5.92 Å². The predicted octanol–water partition coefficient (Wildman–Crippen LogP) is 16.3.